The van der Waals surface area contributed by atoms with E-state index in [9.17, 15) is 0 Å². The molecule has 0 saturated carbocycles. The monoisotopic (exact) mass is 989 g/mol. The first kappa shape index (κ1) is 49.5. The Hall–Kier alpha value is -7.36. The second-order valence-corrected chi connectivity index (χ2v) is 25.8. The molecule has 2 aliphatic heterocycles. The molecule has 0 spiro atoms. The second kappa shape index (κ2) is 17.9. The van der Waals surface area contributed by atoms with Gasteiger partial charge in [0.15, 0.2) is 0 Å². The highest BCUT2D eigenvalue weighted by Crippen LogP contribution is 2.52. The molecule has 9 aromatic carbocycles. The molecule has 0 radical (unpaired) electrons. The lowest BCUT2D eigenvalue weighted by atomic mass is 9.33. The van der Waals surface area contributed by atoms with Gasteiger partial charge in [0.05, 0.1) is 5.69 Å². The van der Waals surface area contributed by atoms with Gasteiger partial charge in [-0.1, -0.05) is 222 Å². The molecule has 0 amide bonds. The Morgan fingerprint density at radius 2 is 0.868 bits per heavy atom. The fourth-order valence-electron chi connectivity index (χ4n) is 13.1. The molecule has 0 bridgehead atoms. The van der Waals surface area contributed by atoms with Crippen molar-refractivity contribution < 1.29 is 0 Å². The summed E-state index contributed by atoms with van der Waals surface area (Å²) < 4.78 is 0. The Morgan fingerprint density at radius 3 is 1.49 bits per heavy atom. The van der Waals surface area contributed by atoms with Crippen molar-refractivity contribution in [2.75, 3.05) is 9.80 Å². The minimum absolute atomic E-state index is 0.00191. The molecule has 76 heavy (non-hydrogen) atoms. The van der Waals surface area contributed by atoms with E-state index < -0.39 is 0 Å². The van der Waals surface area contributed by atoms with Crippen molar-refractivity contribution in [1.29, 1.82) is 0 Å². The SMILES string of the molecule is Cc1cc2c3c(c1)N(c1ccc(C(C)(C)C)cc1-c1cccc(-c4ccccc4)c1)c1cc4c(cc1B3c1cc(C(C)(C)c3ccccc3)ccc1N2c1ccc(C(C)(C)c2ccccc2)cc1)C(C)(C)CCC4(C)C. The van der Waals surface area contributed by atoms with E-state index >= 15 is 0 Å². The highest BCUT2D eigenvalue weighted by Gasteiger charge is 2.47. The molecule has 378 valence electrons. The van der Waals surface area contributed by atoms with E-state index in [1.807, 2.05) is 0 Å². The summed E-state index contributed by atoms with van der Waals surface area (Å²) >= 11 is 0. The summed E-state index contributed by atoms with van der Waals surface area (Å²) in [5, 5.41) is 0. The number of anilines is 6. The number of benzene rings is 9. The molecule has 9 aromatic rings. The van der Waals surface area contributed by atoms with Gasteiger partial charge in [-0.2, -0.15) is 0 Å². The predicted octanol–water partition coefficient (Wildman–Crippen LogP) is 17.7. The average Bonchev–Trinajstić information content (AvgIpc) is 3.55. The third-order valence-corrected chi connectivity index (χ3v) is 18.1. The van der Waals surface area contributed by atoms with Gasteiger partial charge in [0, 0.05) is 44.8 Å². The maximum atomic E-state index is 2.69. The Morgan fingerprint density at radius 1 is 0.382 bits per heavy atom. The van der Waals surface area contributed by atoms with Gasteiger partial charge in [-0.25, -0.2) is 0 Å². The van der Waals surface area contributed by atoms with Crippen molar-refractivity contribution in [3.05, 3.63) is 245 Å². The van der Waals surface area contributed by atoms with Crippen LogP contribution in [0.3, 0.4) is 0 Å². The van der Waals surface area contributed by atoms with Crippen LogP contribution in [0.4, 0.5) is 34.1 Å². The lowest BCUT2D eigenvalue weighted by Crippen LogP contribution is -2.62. The zero-order valence-electron chi connectivity index (χ0n) is 46.9. The summed E-state index contributed by atoms with van der Waals surface area (Å²) in [4.78, 5) is 5.29. The number of aryl methyl sites for hydroxylation is 1. The Bertz CT molecular complexity index is 3690. The summed E-state index contributed by atoms with van der Waals surface area (Å²) in [7, 11) is 0. The van der Waals surface area contributed by atoms with Crippen molar-refractivity contribution in [1.82, 2.24) is 0 Å². The molecule has 0 unspecified atom stereocenters. The van der Waals surface area contributed by atoms with Crippen LogP contribution in [0.15, 0.2) is 200 Å². The Labute approximate surface area is 454 Å². The lowest BCUT2D eigenvalue weighted by molar-refractivity contribution is 0.332. The van der Waals surface area contributed by atoms with Crippen molar-refractivity contribution >= 4 is 57.2 Å². The summed E-state index contributed by atoms with van der Waals surface area (Å²) in [6.07, 6.45) is 2.29. The van der Waals surface area contributed by atoms with Gasteiger partial charge in [-0.3, -0.25) is 0 Å². The fourth-order valence-corrected chi connectivity index (χ4v) is 13.1. The normalized spacial score (nSPS) is 15.4. The Kier molecular flexibility index (Phi) is 11.6. The van der Waals surface area contributed by atoms with Crippen molar-refractivity contribution in [3.63, 3.8) is 0 Å². The van der Waals surface area contributed by atoms with Crippen molar-refractivity contribution in [3.8, 4) is 22.3 Å². The third kappa shape index (κ3) is 8.16. The zero-order chi connectivity index (χ0) is 53.1. The topological polar surface area (TPSA) is 6.48 Å². The van der Waals surface area contributed by atoms with Gasteiger partial charge in [-0.05, 0) is 168 Å². The van der Waals surface area contributed by atoms with Gasteiger partial charge in [0.1, 0.15) is 0 Å². The molecule has 2 heterocycles. The van der Waals surface area contributed by atoms with E-state index in [2.05, 4.69) is 293 Å². The summed E-state index contributed by atoms with van der Waals surface area (Å²) in [6, 6.07) is 76.7. The van der Waals surface area contributed by atoms with Crippen LogP contribution in [0.1, 0.15) is 134 Å². The van der Waals surface area contributed by atoms with Crippen LogP contribution < -0.4 is 26.2 Å². The largest absolute Gasteiger partial charge is 0.311 e. The molecule has 0 aromatic heterocycles. The minimum Gasteiger partial charge on any atom is -0.311 e. The van der Waals surface area contributed by atoms with E-state index in [1.54, 1.807) is 0 Å². The third-order valence-electron chi connectivity index (χ3n) is 18.1. The molecule has 0 atom stereocenters. The average molecular weight is 989 g/mol. The first-order chi connectivity index (χ1) is 36.2. The first-order valence-electron chi connectivity index (χ1n) is 27.8. The number of hydrogen-bond acceptors (Lipinski definition) is 2. The van der Waals surface area contributed by atoms with Crippen LogP contribution in [0.2, 0.25) is 0 Å². The molecular formula is C73H73BN2. The van der Waals surface area contributed by atoms with Crippen molar-refractivity contribution in [2.24, 2.45) is 0 Å². The van der Waals surface area contributed by atoms with Gasteiger partial charge < -0.3 is 9.80 Å². The van der Waals surface area contributed by atoms with Crippen LogP contribution in [-0.2, 0) is 27.1 Å². The molecule has 1 aliphatic carbocycles. The maximum Gasteiger partial charge on any atom is 0.252 e. The summed E-state index contributed by atoms with van der Waals surface area (Å²) in [5.41, 5.74) is 26.6. The smallest absolute Gasteiger partial charge is 0.252 e. The van der Waals surface area contributed by atoms with E-state index in [0.29, 0.717) is 0 Å². The summed E-state index contributed by atoms with van der Waals surface area (Å²) in [6.45, 7) is 28.7. The van der Waals surface area contributed by atoms with Crippen LogP contribution in [0.25, 0.3) is 22.3 Å². The van der Waals surface area contributed by atoms with E-state index in [1.165, 1.54) is 112 Å². The molecule has 3 aliphatic rings. The van der Waals surface area contributed by atoms with E-state index in [0.717, 1.165) is 18.5 Å². The molecule has 2 nitrogen and oxygen atoms in total. The van der Waals surface area contributed by atoms with E-state index in [4.69, 9.17) is 0 Å². The molecule has 0 fully saturated rings. The second-order valence-electron chi connectivity index (χ2n) is 25.8. The molecular weight excluding hydrogens is 916 g/mol. The number of fused-ring (bicyclic) bond motifs is 5. The fraction of sp³-hybridized carbons (Fsp3) is 0.260. The predicted molar refractivity (Wildman–Crippen MR) is 327 cm³/mol. The van der Waals surface area contributed by atoms with Crippen LogP contribution in [-0.4, -0.2) is 6.71 Å². The Balaban J connectivity index is 1.16. The summed E-state index contributed by atoms with van der Waals surface area (Å²) in [5.74, 6) is 0. The van der Waals surface area contributed by atoms with Gasteiger partial charge >= 0.3 is 0 Å². The number of hydrogen-bond donors (Lipinski definition) is 0. The lowest BCUT2D eigenvalue weighted by Gasteiger charge is -2.48. The molecule has 0 saturated heterocycles. The van der Waals surface area contributed by atoms with Crippen molar-refractivity contribution in [2.45, 2.75) is 123 Å². The van der Waals surface area contributed by atoms with Crippen LogP contribution in [0.5, 0.6) is 0 Å². The van der Waals surface area contributed by atoms with Gasteiger partial charge in [0.25, 0.3) is 6.71 Å². The quantitative estimate of drug-likeness (QED) is 0.140. The van der Waals surface area contributed by atoms with Crippen LogP contribution >= 0.6 is 0 Å². The maximum absolute atomic E-state index is 2.69. The standard InChI is InChI=1S/C73H73BN2/c1-48-41-66-68-67(42-48)76(63-37-33-55(69(2,3)4)44-58(63)51-26-22-25-50(43-51)49-23-16-13-17-24-49)65-47-60-59(70(5,6)39-40-71(60,7)8)46-62(65)74(68)61-45-56(73(11,12)53-29-20-15-21-30-53)34-38-64(61)75(66)57-35-31-54(32-36-57)72(9,10)52-27-18-14-19-28-52/h13-38,41-47H,39-40H2,1-12H3. The molecule has 0 N–H and O–H groups in total. The van der Waals surface area contributed by atoms with Gasteiger partial charge in [0.2, 0.25) is 0 Å². The van der Waals surface area contributed by atoms with Crippen LogP contribution in [0, 0.1) is 6.92 Å². The van der Waals surface area contributed by atoms with Gasteiger partial charge in [-0.15, -0.1) is 0 Å². The number of nitrogens with zero attached hydrogens (tertiary/aromatic N) is 2. The first-order valence-corrected chi connectivity index (χ1v) is 27.8. The molecule has 3 heteroatoms. The highest BCUT2D eigenvalue weighted by atomic mass is 15.2. The zero-order valence-corrected chi connectivity index (χ0v) is 46.9. The number of rotatable bonds is 8. The minimum atomic E-state index is -0.244. The van der Waals surface area contributed by atoms with E-state index in [-0.39, 0.29) is 33.8 Å². The highest BCUT2D eigenvalue weighted by molar-refractivity contribution is 7.00. The molecule has 12 rings (SSSR count).